The van der Waals surface area contributed by atoms with Crippen LogP contribution in [0.2, 0.25) is 0 Å². The molecule has 2 aromatic heterocycles. The second kappa shape index (κ2) is 8.33. The van der Waals surface area contributed by atoms with E-state index < -0.39 is 0 Å². The van der Waals surface area contributed by atoms with Crippen molar-refractivity contribution in [3.63, 3.8) is 0 Å². The molecule has 35 heavy (non-hydrogen) atoms. The normalized spacial score (nSPS) is 19.4. The monoisotopic (exact) mass is 472 g/mol. The van der Waals surface area contributed by atoms with Gasteiger partial charge in [-0.3, -0.25) is 4.79 Å². The molecule has 0 saturated carbocycles. The van der Waals surface area contributed by atoms with Crippen LogP contribution in [0.3, 0.4) is 0 Å². The van der Waals surface area contributed by atoms with Crippen LogP contribution in [0.5, 0.6) is 0 Å². The lowest BCUT2D eigenvalue weighted by Crippen LogP contribution is -2.65. The molecule has 0 amide bonds. The first kappa shape index (κ1) is 21.5. The van der Waals surface area contributed by atoms with Gasteiger partial charge < -0.3 is 14.2 Å². The Hall–Kier alpha value is -4.01. The fraction of sp³-hybridized carbons (Fsp3) is 0.308. The van der Waals surface area contributed by atoms with Gasteiger partial charge >= 0.3 is 0 Å². The number of benzene rings is 2. The van der Waals surface area contributed by atoms with Gasteiger partial charge in [0.1, 0.15) is 17.3 Å². The van der Waals surface area contributed by atoms with Gasteiger partial charge in [-0.05, 0) is 44.0 Å². The van der Waals surface area contributed by atoms with Crippen LogP contribution in [-0.4, -0.2) is 51.9 Å². The van der Waals surface area contributed by atoms with E-state index in [2.05, 4.69) is 20.0 Å². The Balaban J connectivity index is 1.29. The lowest BCUT2D eigenvalue weighted by atomic mass is 9.81. The number of halogens is 1. The minimum absolute atomic E-state index is 0.229. The Labute approximate surface area is 202 Å². The Morgan fingerprint density at radius 2 is 1.94 bits per heavy atom. The zero-order chi connectivity index (χ0) is 24.1. The number of anilines is 2. The number of nitrogens with zero attached hydrogens (tertiary/aromatic N) is 6. The molecule has 9 heteroatoms. The Bertz CT molecular complexity index is 1400. The molecule has 2 aliphatic heterocycles. The number of oxazole rings is 1. The minimum atomic E-state index is -0.300. The first-order valence-corrected chi connectivity index (χ1v) is 11.7. The van der Waals surface area contributed by atoms with Crippen molar-refractivity contribution in [1.29, 1.82) is 0 Å². The van der Waals surface area contributed by atoms with Crippen LogP contribution in [0.4, 0.5) is 16.1 Å². The summed E-state index contributed by atoms with van der Waals surface area (Å²) in [7, 11) is 0. The number of aromatic nitrogens is 4. The highest BCUT2D eigenvalue weighted by atomic mass is 19.1. The van der Waals surface area contributed by atoms with Gasteiger partial charge in [-0.15, -0.1) is 0 Å². The summed E-state index contributed by atoms with van der Waals surface area (Å²) >= 11 is 0. The number of carbonyl (C=O) groups is 1. The summed E-state index contributed by atoms with van der Waals surface area (Å²) in [5.74, 6) is 0.901. The smallest absolute Gasteiger partial charge is 0.298 e. The highest BCUT2D eigenvalue weighted by Gasteiger charge is 2.45. The van der Waals surface area contributed by atoms with Gasteiger partial charge in [0.15, 0.2) is 6.29 Å². The molecule has 0 radical (unpaired) electrons. The summed E-state index contributed by atoms with van der Waals surface area (Å²) in [6, 6.07) is 11.1. The number of aldehydes is 1. The Morgan fingerprint density at radius 3 is 2.71 bits per heavy atom. The van der Waals surface area contributed by atoms with Gasteiger partial charge in [0.25, 0.3) is 6.01 Å². The molecule has 8 nitrogen and oxygen atoms in total. The van der Waals surface area contributed by atoms with E-state index in [-0.39, 0.29) is 11.9 Å². The average Bonchev–Trinajstić information content (AvgIpc) is 3.51. The molecule has 2 atom stereocenters. The summed E-state index contributed by atoms with van der Waals surface area (Å²) in [5, 5.41) is 8.44. The molecule has 0 aliphatic carbocycles. The molecular formula is C26H25FN6O2. The zero-order valence-electron chi connectivity index (χ0n) is 19.6. The molecule has 2 saturated heterocycles. The van der Waals surface area contributed by atoms with Crippen molar-refractivity contribution in [3.8, 4) is 16.9 Å². The lowest BCUT2D eigenvalue weighted by Gasteiger charge is -2.55. The molecule has 178 valence electrons. The molecule has 0 spiro atoms. The maximum absolute atomic E-state index is 13.8. The fourth-order valence-electron chi connectivity index (χ4n) is 5.37. The maximum atomic E-state index is 13.8. The van der Waals surface area contributed by atoms with Crippen molar-refractivity contribution in [1.82, 2.24) is 20.0 Å². The second-order valence-corrected chi connectivity index (χ2v) is 9.23. The fourth-order valence-corrected chi connectivity index (χ4v) is 5.37. The molecule has 0 N–H and O–H groups in total. The first-order valence-electron chi connectivity index (χ1n) is 11.7. The van der Waals surface area contributed by atoms with Crippen molar-refractivity contribution in [3.05, 3.63) is 71.5 Å². The number of carbonyl (C=O) groups excluding carboxylic acids is 1. The van der Waals surface area contributed by atoms with Crippen LogP contribution in [-0.2, 0) is 0 Å². The summed E-state index contributed by atoms with van der Waals surface area (Å²) in [6.45, 7) is 6.35. The zero-order valence-corrected chi connectivity index (χ0v) is 19.6. The SMILES string of the molecule is Cc1ccc(-n2nccn2)c(C=O)c1N1C[C@H]2CCN(c3nc(-c4cccc(F)c4)c(C)o3)C[C@H]21. The molecule has 4 heterocycles. The molecule has 2 aromatic carbocycles. The third-order valence-electron chi connectivity index (χ3n) is 7.14. The van der Waals surface area contributed by atoms with E-state index in [1.54, 1.807) is 18.5 Å². The summed E-state index contributed by atoms with van der Waals surface area (Å²) in [5.41, 5.74) is 4.60. The van der Waals surface area contributed by atoms with E-state index in [1.807, 2.05) is 32.0 Å². The summed E-state index contributed by atoms with van der Waals surface area (Å²) < 4.78 is 19.8. The predicted octanol–water partition coefficient (Wildman–Crippen LogP) is 4.21. The number of rotatable bonds is 5. The van der Waals surface area contributed by atoms with Crippen LogP contribution in [0.15, 0.2) is 53.2 Å². The third kappa shape index (κ3) is 3.58. The number of fused-ring (bicyclic) bond motifs is 1. The highest BCUT2D eigenvalue weighted by Crippen LogP contribution is 2.42. The number of hydrogen-bond acceptors (Lipinski definition) is 7. The van der Waals surface area contributed by atoms with Crippen molar-refractivity contribution >= 4 is 18.0 Å². The molecule has 2 aliphatic rings. The van der Waals surface area contributed by atoms with E-state index >= 15 is 0 Å². The second-order valence-electron chi connectivity index (χ2n) is 9.23. The lowest BCUT2D eigenvalue weighted by molar-refractivity contribution is 0.112. The van der Waals surface area contributed by atoms with E-state index in [1.165, 1.54) is 16.9 Å². The molecule has 6 rings (SSSR count). The average molecular weight is 473 g/mol. The van der Waals surface area contributed by atoms with Crippen molar-refractivity contribution in [2.45, 2.75) is 26.3 Å². The maximum Gasteiger partial charge on any atom is 0.298 e. The van der Waals surface area contributed by atoms with Gasteiger partial charge in [0, 0.05) is 31.1 Å². The van der Waals surface area contributed by atoms with Crippen molar-refractivity contribution in [2.24, 2.45) is 5.92 Å². The van der Waals surface area contributed by atoms with Gasteiger partial charge in [0.05, 0.1) is 35.4 Å². The third-order valence-corrected chi connectivity index (χ3v) is 7.14. The molecular weight excluding hydrogens is 447 g/mol. The summed E-state index contributed by atoms with van der Waals surface area (Å²) in [6.07, 6.45) is 5.11. The van der Waals surface area contributed by atoms with Gasteiger partial charge in [-0.1, -0.05) is 18.2 Å². The number of aryl methyl sites for hydroxylation is 2. The highest BCUT2D eigenvalue weighted by molar-refractivity contribution is 5.91. The van der Waals surface area contributed by atoms with Gasteiger partial charge in [-0.2, -0.15) is 20.0 Å². The first-order chi connectivity index (χ1) is 17.0. The Kier molecular flexibility index (Phi) is 5.12. The van der Waals surface area contributed by atoms with Crippen LogP contribution in [0.25, 0.3) is 16.9 Å². The summed E-state index contributed by atoms with van der Waals surface area (Å²) in [4.78, 5) is 22.9. The van der Waals surface area contributed by atoms with E-state index in [9.17, 15) is 9.18 Å². The predicted molar refractivity (Wildman–Crippen MR) is 130 cm³/mol. The van der Waals surface area contributed by atoms with Gasteiger partial charge in [0.2, 0.25) is 0 Å². The largest absolute Gasteiger partial charge is 0.428 e. The van der Waals surface area contributed by atoms with Crippen LogP contribution in [0.1, 0.15) is 28.1 Å². The number of hydrogen-bond donors (Lipinski definition) is 0. The van der Waals surface area contributed by atoms with E-state index in [0.717, 1.165) is 43.6 Å². The standard InChI is InChI=1S/C26H25FN6O2/c1-16-6-7-22(33-28-9-10-29-33)21(15-34)25(16)32-13-19-8-11-31(14-23(19)32)26-30-24(17(2)35-26)18-4-3-5-20(27)12-18/h3-7,9-10,12,15,19,23H,8,11,13-14H2,1-2H3/t19-,23-/m1/s1. The van der Waals surface area contributed by atoms with E-state index in [0.29, 0.717) is 40.2 Å². The van der Waals surface area contributed by atoms with Crippen LogP contribution < -0.4 is 9.80 Å². The topological polar surface area (TPSA) is 80.3 Å². The minimum Gasteiger partial charge on any atom is -0.428 e. The van der Waals surface area contributed by atoms with E-state index in [4.69, 9.17) is 9.40 Å². The van der Waals surface area contributed by atoms with Crippen molar-refractivity contribution in [2.75, 3.05) is 29.4 Å². The number of piperidine rings is 1. The van der Waals surface area contributed by atoms with Crippen LogP contribution in [0, 0.1) is 25.6 Å². The van der Waals surface area contributed by atoms with Gasteiger partial charge in [-0.25, -0.2) is 4.39 Å². The van der Waals surface area contributed by atoms with Crippen LogP contribution >= 0.6 is 0 Å². The quantitative estimate of drug-likeness (QED) is 0.403. The Morgan fingerprint density at radius 1 is 1.11 bits per heavy atom. The molecule has 0 unspecified atom stereocenters. The molecule has 2 fully saturated rings. The van der Waals surface area contributed by atoms with Crippen molar-refractivity contribution < 1.29 is 13.6 Å². The molecule has 4 aromatic rings. The molecule has 0 bridgehead atoms.